The van der Waals surface area contributed by atoms with Gasteiger partial charge in [0.2, 0.25) is 0 Å². The molecule has 1 aliphatic carbocycles. The van der Waals surface area contributed by atoms with Crippen molar-refractivity contribution in [1.82, 2.24) is 0 Å². The molecule has 0 N–H and O–H groups in total. The molecule has 0 saturated carbocycles. The number of rotatable bonds is 0. The van der Waals surface area contributed by atoms with Gasteiger partial charge < -0.3 is 0 Å². The minimum absolute atomic E-state index is 0.786. The van der Waals surface area contributed by atoms with Crippen LogP contribution in [0.5, 0.6) is 0 Å². The first-order chi connectivity index (χ1) is 5.77. The first-order valence-electron chi connectivity index (χ1n) is 4.87. The fraction of sp³-hybridized carbons (Fsp3) is 0.500. The summed E-state index contributed by atoms with van der Waals surface area (Å²) in [5.41, 5.74) is 4.59. The Morgan fingerprint density at radius 1 is 1.33 bits per heavy atom. The van der Waals surface area contributed by atoms with E-state index in [-0.39, 0.29) is 0 Å². The maximum Gasteiger partial charge on any atom is -0.0187 e. The number of aryl methyl sites for hydroxylation is 2. The Bertz CT molecular complexity index is 286. The van der Waals surface area contributed by atoms with Crippen molar-refractivity contribution in [3.8, 4) is 0 Å². The molecule has 0 heterocycles. The fourth-order valence-corrected chi connectivity index (χ4v) is 2.15. The fourth-order valence-electron chi connectivity index (χ4n) is 2.15. The molecule has 0 spiro atoms. The van der Waals surface area contributed by atoms with Crippen molar-refractivity contribution >= 4 is 0 Å². The molecule has 1 aromatic carbocycles. The van der Waals surface area contributed by atoms with Gasteiger partial charge in [0, 0.05) is 0 Å². The first-order valence-corrected chi connectivity index (χ1v) is 4.87. The molecule has 1 aromatic rings. The van der Waals surface area contributed by atoms with Gasteiger partial charge in [-0.15, -0.1) is 0 Å². The molecule has 0 radical (unpaired) electrons. The van der Waals surface area contributed by atoms with E-state index < -0.39 is 0 Å². The van der Waals surface area contributed by atoms with Crippen molar-refractivity contribution in [2.75, 3.05) is 0 Å². The second-order valence-electron chi connectivity index (χ2n) is 4.00. The lowest BCUT2D eigenvalue weighted by molar-refractivity contribution is 0.590. The Balaban J connectivity index is 2.47. The molecular weight excluding hydrogens is 144 g/mol. The normalized spacial score (nSPS) is 22.0. The predicted octanol–water partition coefficient (Wildman–Crippen LogP) is 3.43. The molecule has 2 rings (SSSR count). The summed E-state index contributed by atoms with van der Waals surface area (Å²) in [6.07, 6.45) is 4.04. The van der Waals surface area contributed by atoms with Crippen LogP contribution in [0.2, 0.25) is 0 Å². The van der Waals surface area contributed by atoms with Gasteiger partial charge in [0.25, 0.3) is 0 Å². The van der Waals surface area contributed by atoms with Gasteiger partial charge in [-0.25, -0.2) is 0 Å². The Kier molecular flexibility index (Phi) is 1.92. The zero-order valence-electron chi connectivity index (χ0n) is 7.93. The number of benzene rings is 1. The van der Waals surface area contributed by atoms with Crippen LogP contribution in [0.3, 0.4) is 0 Å². The highest BCUT2D eigenvalue weighted by Crippen LogP contribution is 2.31. The van der Waals surface area contributed by atoms with Gasteiger partial charge in [0.1, 0.15) is 0 Å². The lowest BCUT2D eigenvalue weighted by Crippen LogP contribution is -2.06. The summed E-state index contributed by atoms with van der Waals surface area (Å²) in [6, 6.07) is 6.90. The largest absolute Gasteiger partial charge is 0.0590 e. The second kappa shape index (κ2) is 2.93. The molecule has 0 amide bonds. The van der Waals surface area contributed by atoms with Gasteiger partial charge in [-0.05, 0) is 43.2 Å². The van der Waals surface area contributed by atoms with E-state index in [1.54, 1.807) is 11.1 Å². The Hall–Kier alpha value is -0.780. The summed E-state index contributed by atoms with van der Waals surface area (Å²) in [5, 5.41) is 0. The van der Waals surface area contributed by atoms with E-state index in [1.165, 1.54) is 24.8 Å². The van der Waals surface area contributed by atoms with Gasteiger partial charge >= 0.3 is 0 Å². The van der Waals surface area contributed by atoms with Gasteiger partial charge in [-0.2, -0.15) is 0 Å². The summed E-state index contributed by atoms with van der Waals surface area (Å²) >= 11 is 0. The van der Waals surface area contributed by atoms with Crippen LogP contribution >= 0.6 is 0 Å². The lowest BCUT2D eigenvalue weighted by Gasteiger charge is -2.22. The highest BCUT2D eigenvalue weighted by molar-refractivity contribution is 5.35. The maximum atomic E-state index is 2.36. The molecule has 0 aliphatic heterocycles. The van der Waals surface area contributed by atoms with Crippen molar-refractivity contribution < 1.29 is 0 Å². The number of hydrogen-bond acceptors (Lipinski definition) is 0. The molecule has 64 valence electrons. The second-order valence-corrected chi connectivity index (χ2v) is 4.00. The minimum atomic E-state index is 0.786. The summed E-state index contributed by atoms with van der Waals surface area (Å²) in [6.45, 7) is 4.53. The molecular formula is C12H16. The summed E-state index contributed by atoms with van der Waals surface area (Å²) in [4.78, 5) is 0. The summed E-state index contributed by atoms with van der Waals surface area (Å²) in [5.74, 6) is 0.786. The SMILES string of the molecule is Cc1ccc2c(c1)C(C)CCC2. The zero-order valence-corrected chi connectivity index (χ0v) is 7.93. The average Bonchev–Trinajstić information content (AvgIpc) is 2.07. The summed E-state index contributed by atoms with van der Waals surface area (Å²) in [7, 11) is 0. The van der Waals surface area contributed by atoms with Gasteiger partial charge in [-0.3, -0.25) is 0 Å². The van der Waals surface area contributed by atoms with Crippen LogP contribution < -0.4 is 0 Å². The standard InChI is InChI=1S/C12H16/c1-9-6-7-11-5-3-4-10(2)12(11)8-9/h6-8,10H,3-5H2,1-2H3. The predicted molar refractivity (Wildman–Crippen MR) is 52.5 cm³/mol. The van der Waals surface area contributed by atoms with Gasteiger partial charge in [-0.1, -0.05) is 30.7 Å². The third-order valence-corrected chi connectivity index (χ3v) is 2.92. The van der Waals surface area contributed by atoms with E-state index in [0.717, 1.165) is 5.92 Å². The number of fused-ring (bicyclic) bond motifs is 1. The van der Waals surface area contributed by atoms with E-state index >= 15 is 0 Å². The van der Waals surface area contributed by atoms with Crippen LogP contribution in [0.1, 0.15) is 42.4 Å². The molecule has 0 fully saturated rings. The van der Waals surface area contributed by atoms with Crippen molar-refractivity contribution in [3.05, 3.63) is 34.9 Å². The van der Waals surface area contributed by atoms with E-state index in [2.05, 4.69) is 32.0 Å². The molecule has 0 bridgehead atoms. The van der Waals surface area contributed by atoms with E-state index in [1.807, 2.05) is 0 Å². The van der Waals surface area contributed by atoms with E-state index in [4.69, 9.17) is 0 Å². The highest BCUT2D eigenvalue weighted by atomic mass is 14.2. The van der Waals surface area contributed by atoms with Crippen molar-refractivity contribution in [2.45, 2.75) is 39.0 Å². The van der Waals surface area contributed by atoms with E-state index in [9.17, 15) is 0 Å². The van der Waals surface area contributed by atoms with Crippen LogP contribution in [-0.2, 0) is 6.42 Å². The van der Waals surface area contributed by atoms with Crippen molar-refractivity contribution in [3.63, 3.8) is 0 Å². The molecule has 0 heteroatoms. The average molecular weight is 160 g/mol. The van der Waals surface area contributed by atoms with Crippen LogP contribution in [0.15, 0.2) is 18.2 Å². The Labute approximate surface area is 74.6 Å². The van der Waals surface area contributed by atoms with Crippen molar-refractivity contribution in [2.24, 2.45) is 0 Å². The molecule has 1 aliphatic rings. The van der Waals surface area contributed by atoms with Crippen molar-refractivity contribution in [1.29, 1.82) is 0 Å². The Morgan fingerprint density at radius 3 is 3.00 bits per heavy atom. The smallest absolute Gasteiger partial charge is 0.0187 e. The highest BCUT2D eigenvalue weighted by Gasteiger charge is 2.15. The quantitative estimate of drug-likeness (QED) is 0.545. The third-order valence-electron chi connectivity index (χ3n) is 2.92. The third kappa shape index (κ3) is 1.26. The van der Waals surface area contributed by atoms with Crippen LogP contribution in [0.25, 0.3) is 0 Å². The number of hydrogen-bond donors (Lipinski definition) is 0. The topological polar surface area (TPSA) is 0 Å². The van der Waals surface area contributed by atoms with Crippen LogP contribution in [0, 0.1) is 6.92 Å². The zero-order chi connectivity index (χ0) is 8.55. The first kappa shape index (κ1) is 7.85. The van der Waals surface area contributed by atoms with Gasteiger partial charge in [0.05, 0.1) is 0 Å². The molecule has 0 aromatic heterocycles. The molecule has 0 saturated heterocycles. The summed E-state index contributed by atoms with van der Waals surface area (Å²) < 4.78 is 0. The molecule has 1 atom stereocenters. The maximum absolute atomic E-state index is 2.36. The molecule has 0 nitrogen and oxygen atoms in total. The minimum Gasteiger partial charge on any atom is -0.0590 e. The molecule has 12 heavy (non-hydrogen) atoms. The van der Waals surface area contributed by atoms with Crippen LogP contribution in [0.4, 0.5) is 0 Å². The van der Waals surface area contributed by atoms with E-state index in [0.29, 0.717) is 0 Å². The Morgan fingerprint density at radius 2 is 2.17 bits per heavy atom. The monoisotopic (exact) mass is 160 g/mol. The van der Waals surface area contributed by atoms with Crippen LogP contribution in [-0.4, -0.2) is 0 Å². The lowest BCUT2D eigenvalue weighted by atomic mass is 9.83. The molecule has 1 unspecified atom stereocenters. The van der Waals surface area contributed by atoms with Gasteiger partial charge in [0.15, 0.2) is 0 Å².